The first kappa shape index (κ1) is 15.5. The number of nitrogens with zero attached hydrogens (tertiary/aromatic N) is 4. The zero-order chi connectivity index (χ0) is 16.9. The minimum Gasteiger partial charge on any atom is -0.480 e. The molecule has 0 bridgehead atoms. The molecule has 0 amide bonds. The normalized spacial score (nSPS) is 10.2. The Morgan fingerprint density at radius 3 is 2.42 bits per heavy atom. The molecule has 0 unspecified atom stereocenters. The maximum atomic E-state index is 5.64. The number of hydrogen-bond donors (Lipinski definition) is 2. The highest BCUT2D eigenvalue weighted by molar-refractivity contribution is 5.70. The number of nitrogens with one attached hydrogen (secondary N) is 1. The molecule has 0 atom stereocenters. The Bertz CT molecular complexity index is 838. The molecule has 3 aromatic rings. The third-order valence-corrected chi connectivity index (χ3v) is 3.24. The molecule has 8 heteroatoms. The molecule has 0 radical (unpaired) electrons. The molecule has 0 fully saturated rings. The number of methoxy groups -OCH3 is 2. The predicted molar refractivity (Wildman–Crippen MR) is 90.3 cm³/mol. The van der Waals surface area contributed by atoms with Crippen molar-refractivity contribution in [1.29, 1.82) is 0 Å². The summed E-state index contributed by atoms with van der Waals surface area (Å²) >= 11 is 0. The molecule has 3 rings (SSSR count). The minimum atomic E-state index is 0.257. The molecule has 0 aliphatic carbocycles. The number of rotatable bonds is 5. The zero-order valence-corrected chi connectivity index (χ0v) is 13.2. The number of nitrogens with two attached hydrogens (primary N) is 1. The van der Waals surface area contributed by atoms with Crippen LogP contribution in [-0.2, 0) is 0 Å². The maximum absolute atomic E-state index is 5.64. The highest BCUT2D eigenvalue weighted by Crippen LogP contribution is 2.29. The van der Waals surface area contributed by atoms with Crippen molar-refractivity contribution in [2.75, 3.05) is 25.3 Å². The van der Waals surface area contributed by atoms with E-state index in [1.807, 2.05) is 24.3 Å². The lowest BCUT2D eigenvalue weighted by atomic mass is 10.1. The summed E-state index contributed by atoms with van der Waals surface area (Å²) in [5.41, 5.74) is 8.15. The minimum absolute atomic E-state index is 0.257. The van der Waals surface area contributed by atoms with E-state index in [2.05, 4.69) is 25.3 Å². The lowest BCUT2D eigenvalue weighted by Crippen LogP contribution is -1.99. The van der Waals surface area contributed by atoms with Crippen molar-refractivity contribution in [1.82, 2.24) is 19.9 Å². The zero-order valence-electron chi connectivity index (χ0n) is 13.2. The predicted octanol–water partition coefficient (Wildman–Crippen LogP) is 2.28. The van der Waals surface area contributed by atoms with Crippen LogP contribution in [0.15, 0.2) is 42.7 Å². The first-order valence-electron chi connectivity index (χ1n) is 7.10. The number of benzene rings is 1. The highest BCUT2D eigenvalue weighted by Gasteiger charge is 2.10. The summed E-state index contributed by atoms with van der Waals surface area (Å²) in [5.74, 6) is 1.29. The molecule has 1 aromatic carbocycles. The highest BCUT2D eigenvalue weighted by atomic mass is 16.5. The Hall–Kier alpha value is -3.42. The van der Waals surface area contributed by atoms with E-state index in [1.165, 1.54) is 7.11 Å². The fraction of sp³-hybridized carbons (Fsp3) is 0.125. The van der Waals surface area contributed by atoms with Gasteiger partial charge in [-0.1, -0.05) is 12.1 Å². The molecular weight excluding hydrogens is 308 g/mol. The third kappa shape index (κ3) is 3.32. The Morgan fingerprint density at radius 1 is 0.958 bits per heavy atom. The van der Waals surface area contributed by atoms with Crippen LogP contribution in [0.5, 0.6) is 11.9 Å². The standard InChI is InChI=1S/C16H16N6O2/c1-23-14-12(9-19-16(22-14)24-2)10-3-5-11(6-4-10)20-15-18-8-7-13(17)21-15/h3-9H,1-2H3,(H3,17,18,20,21). The van der Waals surface area contributed by atoms with E-state index >= 15 is 0 Å². The SMILES string of the molecule is COc1ncc(-c2ccc(Nc3nccc(N)n3)cc2)c(OC)n1. The van der Waals surface area contributed by atoms with Crippen LogP contribution in [0.3, 0.4) is 0 Å². The van der Waals surface area contributed by atoms with Crippen LogP contribution >= 0.6 is 0 Å². The van der Waals surface area contributed by atoms with Crippen LogP contribution in [0.1, 0.15) is 0 Å². The molecule has 0 saturated heterocycles. The Balaban J connectivity index is 1.84. The van der Waals surface area contributed by atoms with Crippen LogP contribution in [0.25, 0.3) is 11.1 Å². The van der Waals surface area contributed by atoms with Gasteiger partial charge in [0.15, 0.2) is 0 Å². The lowest BCUT2D eigenvalue weighted by molar-refractivity contribution is 0.353. The van der Waals surface area contributed by atoms with Gasteiger partial charge in [0.2, 0.25) is 11.8 Å². The Morgan fingerprint density at radius 2 is 1.75 bits per heavy atom. The third-order valence-electron chi connectivity index (χ3n) is 3.24. The molecule has 0 spiro atoms. The van der Waals surface area contributed by atoms with E-state index in [4.69, 9.17) is 15.2 Å². The molecule has 2 aromatic heterocycles. The molecule has 2 heterocycles. The van der Waals surface area contributed by atoms with Gasteiger partial charge in [0.1, 0.15) is 5.82 Å². The second-order valence-corrected chi connectivity index (χ2v) is 4.79. The van der Waals surface area contributed by atoms with E-state index in [9.17, 15) is 0 Å². The van der Waals surface area contributed by atoms with Crippen molar-refractivity contribution in [3.05, 3.63) is 42.7 Å². The molecular formula is C16H16N6O2. The summed E-state index contributed by atoms with van der Waals surface area (Å²) < 4.78 is 10.3. The average molecular weight is 324 g/mol. The van der Waals surface area contributed by atoms with E-state index in [0.29, 0.717) is 17.6 Å². The van der Waals surface area contributed by atoms with Crippen LogP contribution in [0.2, 0.25) is 0 Å². The molecule has 3 N–H and O–H groups in total. The molecule has 8 nitrogen and oxygen atoms in total. The van der Waals surface area contributed by atoms with Crippen molar-refractivity contribution in [3.8, 4) is 23.0 Å². The van der Waals surface area contributed by atoms with E-state index < -0.39 is 0 Å². The summed E-state index contributed by atoms with van der Waals surface area (Å²) in [7, 11) is 3.06. The van der Waals surface area contributed by atoms with Gasteiger partial charge in [-0.05, 0) is 23.8 Å². The second-order valence-electron chi connectivity index (χ2n) is 4.79. The van der Waals surface area contributed by atoms with Gasteiger partial charge in [0.25, 0.3) is 0 Å². The van der Waals surface area contributed by atoms with Crippen molar-refractivity contribution in [2.24, 2.45) is 0 Å². The van der Waals surface area contributed by atoms with Crippen molar-refractivity contribution < 1.29 is 9.47 Å². The smallest absolute Gasteiger partial charge is 0.319 e. The van der Waals surface area contributed by atoms with Crippen LogP contribution in [0, 0.1) is 0 Å². The summed E-state index contributed by atoms with van der Waals surface area (Å²) in [6.45, 7) is 0. The van der Waals surface area contributed by atoms with Crippen LogP contribution in [0.4, 0.5) is 17.5 Å². The van der Waals surface area contributed by atoms with Crippen LogP contribution < -0.4 is 20.5 Å². The molecule has 122 valence electrons. The summed E-state index contributed by atoms with van der Waals surface area (Å²) in [6, 6.07) is 9.51. The van der Waals surface area contributed by atoms with Gasteiger partial charge in [-0.2, -0.15) is 9.97 Å². The molecule has 0 aliphatic heterocycles. The van der Waals surface area contributed by atoms with Gasteiger partial charge in [-0.15, -0.1) is 0 Å². The fourth-order valence-electron chi connectivity index (χ4n) is 2.10. The first-order valence-corrected chi connectivity index (χ1v) is 7.10. The van der Waals surface area contributed by atoms with E-state index in [-0.39, 0.29) is 6.01 Å². The van der Waals surface area contributed by atoms with Gasteiger partial charge >= 0.3 is 6.01 Å². The van der Waals surface area contributed by atoms with Gasteiger partial charge in [-0.25, -0.2) is 9.97 Å². The number of ether oxygens (including phenoxy) is 2. The van der Waals surface area contributed by atoms with E-state index in [0.717, 1.165) is 16.8 Å². The van der Waals surface area contributed by atoms with Crippen molar-refractivity contribution in [3.63, 3.8) is 0 Å². The van der Waals surface area contributed by atoms with Gasteiger partial charge < -0.3 is 20.5 Å². The van der Waals surface area contributed by atoms with Gasteiger partial charge in [0, 0.05) is 18.1 Å². The van der Waals surface area contributed by atoms with Crippen molar-refractivity contribution in [2.45, 2.75) is 0 Å². The molecule has 24 heavy (non-hydrogen) atoms. The number of hydrogen-bond acceptors (Lipinski definition) is 8. The number of aromatic nitrogens is 4. The average Bonchev–Trinajstić information content (AvgIpc) is 2.62. The Kier molecular flexibility index (Phi) is 4.37. The summed E-state index contributed by atoms with van der Waals surface area (Å²) in [5, 5.41) is 3.09. The number of anilines is 3. The van der Waals surface area contributed by atoms with Gasteiger partial charge in [0.05, 0.1) is 19.8 Å². The number of nitrogen functional groups attached to an aromatic ring is 1. The topological polar surface area (TPSA) is 108 Å². The summed E-state index contributed by atoms with van der Waals surface area (Å²) in [4.78, 5) is 16.5. The summed E-state index contributed by atoms with van der Waals surface area (Å²) in [6.07, 6.45) is 3.26. The lowest BCUT2D eigenvalue weighted by Gasteiger charge is -2.09. The van der Waals surface area contributed by atoms with Crippen LogP contribution in [-0.4, -0.2) is 34.2 Å². The molecule has 0 saturated carbocycles. The maximum Gasteiger partial charge on any atom is 0.319 e. The van der Waals surface area contributed by atoms with Gasteiger partial charge in [-0.3, -0.25) is 0 Å². The second kappa shape index (κ2) is 6.78. The Labute approximate surface area is 138 Å². The fourth-order valence-corrected chi connectivity index (χ4v) is 2.10. The monoisotopic (exact) mass is 324 g/mol. The van der Waals surface area contributed by atoms with E-state index in [1.54, 1.807) is 25.6 Å². The van der Waals surface area contributed by atoms with Crippen molar-refractivity contribution >= 4 is 17.5 Å². The quantitative estimate of drug-likeness (QED) is 0.736. The molecule has 0 aliphatic rings. The largest absolute Gasteiger partial charge is 0.480 e. The first-order chi connectivity index (χ1) is 11.7.